The van der Waals surface area contributed by atoms with Crippen LogP contribution in [-0.2, 0) is 6.54 Å². The van der Waals surface area contributed by atoms with Gasteiger partial charge < -0.3 is 5.73 Å². The first kappa shape index (κ1) is 14.0. The fourth-order valence-corrected chi connectivity index (χ4v) is 2.93. The van der Waals surface area contributed by atoms with Gasteiger partial charge in [0.25, 0.3) is 0 Å². The molecule has 1 nitrogen and oxygen atoms in total. The summed E-state index contributed by atoms with van der Waals surface area (Å²) >= 11 is 24.2. The Hall–Kier alpha value is -0.440. The van der Waals surface area contributed by atoms with E-state index in [0.29, 0.717) is 26.6 Å². The molecule has 0 atom stereocenters. The summed E-state index contributed by atoms with van der Waals surface area (Å²) in [5.74, 6) is 0. The van der Waals surface area contributed by atoms with Crippen LogP contribution in [0.1, 0.15) is 5.56 Å². The Morgan fingerprint density at radius 3 is 2.00 bits per heavy atom. The molecule has 0 aromatic heterocycles. The minimum absolute atomic E-state index is 0.357. The number of halogens is 4. The van der Waals surface area contributed by atoms with Gasteiger partial charge in [0, 0.05) is 22.2 Å². The molecule has 0 heterocycles. The molecule has 2 aromatic carbocycles. The third kappa shape index (κ3) is 2.76. The van der Waals surface area contributed by atoms with Gasteiger partial charge in [-0.1, -0.05) is 52.5 Å². The van der Waals surface area contributed by atoms with E-state index in [9.17, 15) is 0 Å². The van der Waals surface area contributed by atoms with Crippen molar-refractivity contribution in [2.45, 2.75) is 6.54 Å². The summed E-state index contributed by atoms with van der Waals surface area (Å²) in [6.45, 7) is 0.357. The van der Waals surface area contributed by atoms with Gasteiger partial charge in [-0.3, -0.25) is 0 Å². The second-order valence-corrected chi connectivity index (χ2v) is 5.41. The summed E-state index contributed by atoms with van der Waals surface area (Å²) < 4.78 is 0. The van der Waals surface area contributed by atoms with Gasteiger partial charge in [0.15, 0.2) is 0 Å². The lowest BCUT2D eigenvalue weighted by Gasteiger charge is -2.10. The van der Waals surface area contributed by atoms with E-state index >= 15 is 0 Å². The quantitative estimate of drug-likeness (QED) is 0.784. The summed E-state index contributed by atoms with van der Waals surface area (Å²) in [6, 6.07) is 8.81. The molecule has 2 N–H and O–H groups in total. The second kappa shape index (κ2) is 5.68. The fraction of sp³-hybridized carbons (Fsp3) is 0.0769. The van der Waals surface area contributed by atoms with Crippen LogP contribution in [0, 0.1) is 0 Å². The van der Waals surface area contributed by atoms with Crippen LogP contribution in [-0.4, -0.2) is 0 Å². The zero-order valence-corrected chi connectivity index (χ0v) is 12.2. The first-order chi connectivity index (χ1) is 8.52. The van der Waals surface area contributed by atoms with Crippen molar-refractivity contribution in [1.29, 1.82) is 0 Å². The van der Waals surface area contributed by atoms with E-state index in [1.165, 1.54) is 0 Å². The Morgan fingerprint density at radius 2 is 1.44 bits per heavy atom. The van der Waals surface area contributed by atoms with Gasteiger partial charge in [-0.25, -0.2) is 0 Å². The van der Waals surface area contributed by atoms with E-state index in [4.69, 9.17) is 52.1 Å². The molecule has 0 aliphatic heterocycles. The SMILES string of the molecule is NCc1cc(-c2c(Cl)cc(Cl)cc2Cl)ccc1Cl. The van der Waals surface area contributed by atoms with Crippen molar-refractivity contribution >= 4 is 46.4 Å². The Kier molecular flexibility index (Phi) is 4.41. The van der Waals surface area contributed by atoms with Crippen molar-refractivity contribution in [3.05, 3.63) is 56.0 Å². The molecule has 5 heteroatoms. The van der Waals surface area contributed by atoms with Crippen LogP contribution in [0.25, 0.3) is 11.1 Å². The Bertz CT molecular complexity index is 573. The largest absolute Gasteiger partial charge is 0.326 e. The molecule has 18 heavy (non-hydrogen) atoms. The molecule has 2 rings (SSSR count). The molecule has 94 valence electrons. The number of rotatable bonds is 2. The first-order valence-corrected chi connectivity index (χ1v) is 6.67. The lowest BCUT2D eigenvalue weighted by Crippen LogP contribution is -1.97. The topological polar surface area (TPSA) is 26.0 Å². The minimum atomic E-state index is 0.357. The van der Waals surface area contributed by atoms with Gasteiger partial charge in [0.1, 0.15) is 0 Å². The molecule has 0 saturated carbocycles. The second-order valence-electron chi connectivity index (χ2n) is 3.75. The number of benzene rings is 2. The van der Waals surface area contributed by atoms with Gasteiger partial charge >= 0.3 is 0 Å². The average molecular weight is 321 g/mol. The maximum atomic E-state index is 6.17. The molecule has 0 aliphatic carbocycles. The number of hydrogen-bond acceptors (Lipinski definition) is 1. The Balaban J connectivity index is 2.62. The third-order valence-corrected chi connectivity index (χ3v) is 3.74. The molecule has 0 unspecified atom stereocenters. The summed E-state index contributed by atoms with van der Waals surface area (Å²) in [7, 11) is 0. The van der Waals surface area contributed by atoms with Gasteiger partial charge in [0.2, 0.25) is 0 Å². The predicted octanol–water partition coefficient (Wildman–Crippen LogP) is 5.43. The normalized spacial score (nSPS) is 10.7. The van der Waals surface area contributed by atoms with Crippen molar-refractivity contribution in [3.63, 3.8) is 0 Å². The molecule has 0 bridgehead atoms. The molecular formula is C13H9Cl4N. The summed E-state index contributed by atoms with van der Waals surface area (Å²) in [5, 5.41) is 2.12. The van der Waals surface area contributed by atoms with E-state index in [-0.39, 0.29) is 0 Å². The molecule has 0 radical (unpaired) electrons. The van der Waals surface area contributed by atoms with Gasteiger partial charge in [-0.2, -0.15) is 0 Å². The van der Waals surface area contributed by atoms with Crippen molar-refractivity contribution in [2.24, 2.45) is 5.73 Å². The van der Waals surface area contributed by atoms with Crippen LogP contribution in [0.4, 0.5) is 0 Å². The maximum absolute atomic E-state index is 6.17. The highest BCUT2D eigenvalue weighted by Crippen LogP contribution is 2.38. The monoisotopic (exact) mass is 319 g/mol. The van der Waals surface area contributed by atoms with Crippen LogP contribution in [0.3, 0.4) is 0 Å². The molecule has 0 amide bonds. The predicted molar refractivity (Wildman–Crippen MR) is 79.8 cm³/mol. The van der Waals surface area contributed by atoms with Crippen molar-refractivity contribution in [1.82, 2.24) is 0 Å². The van der Waals surface area contributed by atoms with Crippen molar-refractivity contribution in [2.75, 3.05) is 0 Å². The summed E-state index contributed by atoms with van der Waals surface area (Å²) in [6.07, 6.45) is 0. The summed E-state index contributed by atoms with van der Waals surface area (Å²) in [5.41, 5.74) is 8.07. The number of nitrogens with two attached hydrogens (primary N) is 1. The van der Waals surface area contributed by atoms with Gasteiger partial charge in [-0.15, -0.1) is 0 Å². The van der Waals surface area contributed by atoms with Crippen LogP contribution >= 0.6 is 46.4 Å². The van der Waals surface area contributed by atoms with Crippen molar-refractivity contribution < 1.29 is 0 Å². The highest BCUT2D eigenvalue weighted by molar-refractivity contribution is 6.41. The maximum Gasteiger partial charge on any atom is 0.0514 e. The first-order valence-electron chi connectivity index (χ1n) is 5.16. The molecule has 2 aromatic rings. The summed E-state index contributed by atoms with van der Waals surface area (Å²) in [4.78, 5) is 0. The van der Waals surface area contributed by atoms with Crippen LogP contribution in [0.2, 0.25) is 20.1 Å². The molecule has 0 saturated heterocycles. The number of hydrogen-bond donors (Lipinski definition) is 1. The Labute approximate surface area is 125 Å². The van der Waals surface area contributed by atoms with Gasteiger partial charge in [-0.05, 0) is 35.4 Å². The van der Waals surface area contributed by atoms with Crippen LogP contribution in [0.5, 0.6) is 0 Å². The van der Waals surface area contributed by atoms with Gasteiger partial charge in [0.05, 0.1) is 10.0 Å². The van der Waals surface area contributed by atoms with Crippen LogP contribution in [0.15, 0.2) is 30.3 Å². The zero-order valence-electron chi connectivity index (χ0n) is 9.18. The van der Waals surface area contributed by atoms with E-state index in [1.54, 1.807) is 18.2 Å². The van der Waals surface area contributed by atoms with E-state index in [1.807, 2.05) is 12.1 Å². The molecule has 0 fully saturated rings. The molecule has 0 aliphatic rings. The third-order valence-electron chi connectivity index (χ3n) is 2.56. The smallest absolute Gasteiger partial charge is 0.0514 e. The highest BCUT2D eigenvalue weighted by atomic mass is 35.5. The van der Waals surface area contributed by atoms with E-state index in [0.717, 1.165) is 16.7 Å². The van der Waals surface area contributed by atoms with E-state index < -0.39 is 0 Å². The standard InChI is InChI=1S/C13H9Cl4N/c14-9-4-11(16)13(12(17)5-9)7-1-2-10(15)8(3-7)6-18/h1-5H,6,18H2. The fourth-order valence-electron chi connectivity index (χ4n) is 1.70. The average Bonchev–Trinajstić information content (AvgIpc) is 2.30. The Morgan fingerprint density at radius 1 is 0.833 bits per heavy atom. The molecular weight excluding hydrogens is 312 g/mol. The van der Waals surface area contributed by atoms with Crippen molar-refractivity contribution in [3.8, 4) is 11.1 Å². The van der Waals surface area contributed by atoms with Crippen LogP contribution < -0.4 is 5.73 Å². The lowest BCUT2D eigenvalue weighted by molar-refractivity contribution is 1.07. The highest BCUT2D eigenvalue weighted by Gasteiger charge is 2.11. The van der Waals surface area contributed by atoms with E-state index in [2.05, 4.69) is 0 Å². The minimum Gasteiger partial charge on any atom is -0.326 e. The molecule has 0 spiro atoms. The zero-order chi connectivity index (χ0) is 13.3. The lowest BCUT2D eigenvalue weighted by atomic mass is 10.0.